The third-order valence-electron chi connectivity index (χ3n) is 12.9. The molecule has 1 unspecified atom stereocenters. The third kappa shape index (κ3) is 37.0. The normalized spacial score (nSPS) is 12.7. The molecule has 0 saturated carbocycles. The lowest BCUT2D eigenvalue weighted by Gasteiger charge is -2.42. The van der Waals surface area contributed by atoms with Gasteiger partial charge < -0.3 is 14.2 Å². The SMILES string of the molecule is CCCCCCCCCCCCCCCC(=O)OCC(C)(OC(=O)CCCCCCCCCCCCCCC)C(C)(C)OC(=O)CCCCCCCCCCCCCCC. The Hall–Kier alpha value is -1.59. The van der Waals surface area contributed by atoms with E-state index in [4.69, 9.17) is 14.2 Å². The highest BCUT2D eigenvalue weighted by atomic mass is 16.6. The number of rotatable bonds is 47. The minimum atomic E-state index is -1.29. The number of carbonyl (C=O) groups is 3. The molecule has 0 fully saturated rings. The van der Waals surface area contributed by atoms with Gasteiger partial charge in [-0.1, -0.05) is 252 Å². The monoisotopic (exact) mass is 849 g/mol. The molecule has 0 bridgehead atoms. The van der Waals surface area contributed by atoms with Crippen LogP contribution in [0.5, 0.6) is 0 Å². The van der Waals surface area contributed by atoms with Crippen LogP contribution in [-0.4, -0.2) is 35.7 Å². The van der Waals surface area contributed by atoms with Crippen LogP contribution >= 0.6 is 0 Å². The van der Waals surface area contributed by atoms with Gasteiger partial charge in [0.1, 0.15) is 12.2 Å². The van der Waals surface area contributed by atoms with Gasteiger partial charge in [0.15, 0.2) is 5.60 Å². The number of unbranched alkanes of at least 4 members (excludes halogenated alkanes) is 36. The maximum Gasteiger partial charge on any atom is 0.306 e. The van der Waals surface area contributed by atoms with Gasteiger partial charge in [-0.05, 0) is 40.0 Å². The smallest absolute Gasteiger partial charge is 0.306 e. The first kappa shape index (κ1) is 58.4. The van der Waals surface area contributed by atoms with E-state index in [1.165, 1.54) is 193 Å². The van der Waals surface area contributed by atoms with Crippen molar-refractivity contribution in [3.63, 3.8) is 0 Å². The summed E-state index contributed by atoms with van der Waals surface area (Å²) in [4.78, 5) is 39.3. The van der Waals surface area contributed by atoms with Gasteiger partial charge in [-0.25, -0.2) is 0 Å². The molecule has 0 aromatic carbocycles. The summed E-state index contributed by atoms with van der Waals surface area (Å²) in [6.07, 6.45) is 49.7. The van der Waals surface area contributed by atoms with Gasteiger partial charge >= 0.3 is 17.9 Å². The Labute approximate surface area is 374 Å². The van der Waals surface area contributed by atoms with E-state index in [0.717, 1.165) is 57.8 Å². The van der Waals surface area contributed by atoms with Crippen molar-refractivity contribution in [1.82, 2.24) is 0 Å². The fraction of sp³-hybridized carbons (Fsp3) is 0.944. The van der Waals surface area contributed by atoms with E-state index in [1.807, 2.05) is 0 Å². The molecule has 0 aromatic heterocycles. The van der Waals surface area contributed by atoms with Gasteiger partial charge in [-0.2, -0.15) is 0 Å². The Balaban J connectivity index is 4.72. The molecule has 0 rings (SSSR count). The summed E-state index contributed by atoms with van der Waals surface area (Å²) in [6.45, 7) is 12.0. The molecule has 6 nitrogen and oxygen atoms in total. The minimum absolute atomic E-state index is 0.131. The van der Waals surface area contributed by atoms with Crippen molar-refractivity contribution in [2.75, 3.05) is 6.61 Å². The molecule has 0 heterocycles. The number of carbonyl (C=O) groups excluding carboxylic acids is 3. The molecule has 0 aliphatic carbocycles. The second-order valence-electron chi connectivity index (χ2n) is 19.3. The predicted octanol–water partition coefficient (Wildman–Crippen LogP) is 17.6. The van der Waals surface area contributed by atoms with Crippen molar-refractivity contribution < 1.29 is 28.6 Å². The zero-order chi connectivity index (χ0) is 44.3. The first-order valence-corrected chi connectivity index (χ1v) is 26.7. The van der Waals surface area contributed by atoms with Gasteiger partial charge in [0, 0.05) is 19.3 Å². The van der Waals surface area contributed by atoms with E-state index in [0.29, 0.717) is 19.3 Å². The summed E-state index contributed by atoms with van der Waals surface area (Å²) in [6, 6.07) is 0. The Bertz CT molecular complexity index is 962. The molecule has 0 radical (unpaired) electrons. The highest BCUT2D eigenvalue weighted by Gasteiger charge is 2.49. The summed E-state index contributed by atoms with van der Waals surface area (Å²) < 4.78 is 17.9. The summed E-state index contributed by atoms with van der Waals surface area (Å²) in [7, 11) is 0. The van der Waals surface area contributed by atoms with Gasteiger partial charge in [0.2, 0.25) is 0 Å². The molecule has 60 heavy (non-hydrogen) atoms. The lowest BCUT2D eigenvalue weighted by molar-refractivity contribution is -0.214. The number of hydrogen-bond acceptors (Lipinski definition) is 6. The van der Waals surface area contributed by atoms with Crippen LogP contribution in [0.25, 0.3) is 0 Å². The van der Waals surface area contributed by atoms with Gasteiger partial charge in [-0.3, -0.25) is 14.4 Å². The van der Waals surface area contributed by atoms with Crippen LogP contribution in [0.1, 0.15) is 311 Å². The molecule has 0 aromatic rings. The fourth-order valence-corrected chi connectivity index (χ4v) is 8.22. The zero-order valence-corrected chi connectivity index (χ0v) is 41.4. The number of ether oxygens (including phenoxy) is 3. The average molecular weight is 849 g/mol. The van der Waals surface area contributed by atoms with Crippen molar-refractivity contribution in [3.8, 4) is 0 Å². The predicted molar refractivity (Wildman–Crippen MR) is 257 cm³/mol. The van der Waals surface area contributed by atoms with Gasteiger partial charge in [0.05, 0.1) is 0 Å². The average Bonchev–Trinajstić information content (AvgIpc) is 3.22. The van der Waals surface area contributed by atoms with Crippen LogP contribution in [0.4, 0.5) is 0 Å². The van der Waals surface area contributed by atoms with Crippen molar-refractivity contribution in [2.45, 2.75) is 322 Å². The summed E-state index contributed by atoms with van der Waals surface area (Å²) in [5, 5.41) is 0. The van der Waals surface area contributed by atoms with Crippen molar-refractivity contribution >= 4 is 17.9 Å². The van der Waals surface area contributed by atoms with E-state index < -0.39 is 11.2 Å². The van der Waals surface area contributed by atoms with Crippen LogP contribution in [0, 0.1) is 0 Å². The van der Waals surface area contributed by atoms with Crippen molar-refractivity contribution in [1.29, 1.82) is 0 Å². The fourth-order valence-electron chi connectivity index (χ4n) is 8.22. The molecule has 0 amide bonds. The summed E-state index contributed by atoms with van der Waals surface area (Å²) >= 11 is 0. The second kappa shape index (κ2) is 42.7. The molecular formula is C54H104O6. The van der Waals surface area contributed by atoms with Gasteiger partial charge in [0.25, 0.3) is 0 Å². The molecule has 0 aliphatic heterocycles. The summed E-state index contributed by atoms with van der Waals surface area (Å²) in [5.41, 5.74) is -2.46. The largest absolute Gasteiger partial charge is 0.461 e. The first-order chi connectivity index (χ1) is 29.1. The maximum absolute atomic E-state index is 13.3. The van der Waals surface area contributed by atoms with E-state index in [-0.39, 0.29) is 24.5 Å². The molecular weight excluding hydrogens is 745 g/mol. The molecule has 0 spiro atoms. The highest BCUT2D eigenvalue weighted by Crippen LogP contribution is 2.32. The Kier molecular flexibility index (Phi) is 41.6. The van der Waals surface area contributed by atoms with Crippen LogP contribution in [0.15, 0.2) is 0 Å². The topological polar surface area (TPSA) is 78.9 Å². The molecule has 0 saturated heterocycles. The lowest BCUT2D eigenvalue weighted by Crippen LogP contribution is -2.56. The number of esters is 3. The molecule has 1 atom stereocenters. The van der Waals surface area contributed by atoms with E-state index in [9.17, 15) is 14.4 Å². The third-order valence-corrected chi connectivity index (χ3v) is 12.9. The molecule has 0 aliphatic rings. The van der Waals surface area contributed by atoms with Crippen LogP contribution < -0.4 is 0 Å². The molecule has 0 N–H and O–H groups in total. The Morgan fingerprint density at radius 3 is 0.783 bits per heavy atom. The molecule has 6 heteroatoms. The quantitative estimate of drug-likeness (QED) is 0.0345. The Morgan fingerprint density at radius 1 is 0.300 bits per heavy atom. The van der Waals surface area contributed by atoms with Crippen LogP contribution in [-0.2, 0) is 28.6 Å². The van der Waals surface area contributed by atoms with Crippen LogP contribution in [0.3, 0.4) is 0 Å². The first-order valence-electron chi connectivity index (χ1n) is 26.7. The van der Waals surface area contributed by atoms with Crippen LogP contribution in [0.2, 0.25) is 0 Å². The number of hydrogen-bond donors (Lipinski definition) is 0. The zero-order valence-electron chi connectivity index (χ0n) is 41.4. The second-order valence-corrected chi connectivity index (χ2v) is 19.3. The van der Waals surface area contributed by atoms with Crippen molar-refractivity contribution in [3.05, 3.63) is 0 Å². The van der Waals surface area contributed by atoms with Gasteiger partial charge in [-0.15, -0.1) is 0 Å². The highest BCUT2D eigenvalue weighted by molar-refractivity contribution is 5.72. The van der Waals surface area contributed by atoms with E-state index in [2.05, 4.69) is 20.8 Å². The lowest BCUT2D eigenvalue weighted by atomic mass is 9.87. The standard InChI is InChI=1S/C54H104O6/c1-7-10-13-16-19-22-25-28-31-34-37-40-43-46-50(55)58-49-54(6,60-52(57)48-45-42-39-36-33-30-27-24-21-18-15-12-9-3)53(4,5)59-51(56)47-44-41-38-35-32-29-26-23-20-17-14-11-8-2/h7-49H2,1-6H3. The maximum atomic E-state index is 13.3. The Morgan fingerprint density at radius 2 is 0.517 bits per heavy atom. The van der Waals surface area contributed by atoms with E-state index in [1.54, 1.807) is 20.8 Å². The summed E-state index contributed by atoms with van der Waals surface area (Å²) in [5.74, 6) is -0.903. The molecule has 356 valence electrons. The van der Waals surface area contributed by atoms with E-state index >= 15 is 0 Å². The van der Waals surface area contributed by atoms with Crippen molar-refractivity contribution in [2.24, 2.45) is 0 Å². The minimum Gasteiger partial charge on any atom is -0.461 e.